The fraction of sp³-hybridized carbons (Fsp3) is 0.500. The van der Waals surface area contributed by atoms with Gasteiger partial charge in [-0.2, -0.15) is 0 Å². The Morgan fingerprint density at radius 1 is 1.28 bits per heavy atom. The molecular weight excluding hydrogens is 222 g/mol. The topological polar surface area (TPSA) is 39.2 Å². The molecule has 1 aromatic carbocycles. The van der Waals surface area contributed by atoms with E-state index in [4.69, 9.17) is 10.2 Å². The summed E-state index contributed by atoms with van der Waals surface area (Å²) in [6.07, 6.45) is 6.11. The van der Waals surface area contributed by atoms with Crippen LogP contribution in [0.5, 0.6) is 0 Å². The minimum Gasteiger partial charge on any atom is -0.461 e. The van der Waals surface area contributed by atoms with Gasteiger partial charge < -0.3 is 10.2 Å². The van der Waals surface area contributed by atoms with Gasteiger partial charge in [0.25, 0.3) is 0 Å². The van der Waals surface area contributed by atoms with E-state index in [0.717, 1.165) is 17.8 Å². The first kappa shape index (κ1) is 11.8. The summed E-state index contributed by atoms with van der Waals surface area (Å²) in [5, 5.41) is 1.22. The minimum absolute atomic E-state index is 0.145. The Labute approximate surface area is 108 Å². The normalized spacial score (nSPS) is 18.6. The molecule has 0 spiro atoms. The number of nitrogens with two attached hydrogens (primary N) is 1. The highest BCUT2D eigenvalue weighted by molar-refractivity contribution is 5.82. The first-order valence-electron chi connectivity index (χ1n) is 7.07. The predicted molar refractivity (Wildman–Crippen MR) is 74.5 cm³/mol. The van der Waals surface area contributed by atoms with Gasteiger partial charge in [-0.25, -0.2) is 0 Å². The lowest BCUT2D eigenvalue weighted by atomic mass is 9.90. The standard InChI is InChI=1S/C16H21NO/c1-2-13-15(16(17)11-7-3-4-8-11)12-9-5-6-10-14(12)18-13/h5-6,9-11,16H,2-4,7-8,17H2,1H3. The highest BCUT2D eigenvalue weighted by atomic mass is 16.3. The minimum atomic E-state index is 0.145. The summed E-state index contributed by atoms with van der Waals surface area (Å²) in [6.45, 7) is 2.14. The molecule has 1 heterocycles. The lowest BCUT2D eigenvalue weighted by Gasteiger charge is -2.19. The zero-order valence-electron chi connectivity index (χ0n) is 11.0. The molecule has 1 unspecified atom stereocenters. The molecule has 0 saturated heterocycles. The van der Waals surface area contributed by atoms with Gasteiger partial charge in [0.15, 0.2) is 0 Å². The van der Waals surface area contributed by atoms with Crippen molar-refractivity contribution in [3.8, 4) is 0 Å². The first-order chi connectivity index (χ1) is 8.81. The van der Waals surface area contributed by atoms with Crippen molar-refractivity contribution in [3.63, 3.8) is 0 Å². The van der Waals surface area contributed by atoms with E-state index in [1.165, 1.54) is 36.6 Å². The maximum Gasteiger partial charge on any atom is 0.134 e. The maximum absolute atomic E-state index is 6.53. The number of benzene rings is 1. The van der Waals surface area contributed by atoms with Crippen LogP contribution in [0.2, 0.25) is 0 Å². The van der Waals surface area contributed by atoms with Gasteiger partial charge in [-0.05, 0) is 24.8 Å². The van der Waals surface area contributed by atoms with Crippen LogP contribution in [0.25, 0.3) is 11.0 Å². The summed E-state index contributed by atoms with van der Waals surface area (Å²) in [4.78, 5) is 0. The zero-order valence-corrected chi connectivity index (χ0v) is 11.0. The Hall–Kier alpha value is -1.28. The molecule has 0 radical (unpaired) electrons. The van der Waals surface area contributed by atoms with Gasteiger partial charge in [-0.3, -0.25) is 0 Å². The number of fused-ring (bicyclic) bond motifs is 1. The molecule has 0 bridgehead atoms. The maximum atomic E-state index is 6.53. The first-order valence-corrected chi connectivity index (χ1v) is 7.07. The molecule has 0 aliphatic heterocycles. The molecule has 2 N–H and O–H groups in total. The van der Waals surface area contributed by atoms with Gasteiger partial charge in [0.05, 0.1) is 0 Å². The highest BCUT2D eigenvalue weighted by Gasteiger charge is 2.28. The van der Waals surface area contributed by atoms with Gasteiger partial charge in [0.2, 0.25) is 0 Å². The molecule has 1 aromatic heterocycles. The molecule has 2 heteroatoms. The summed E-state index contributed by atoms with van der Waals surface area (Å²) >= 11 is 0. The van der Waals surface area contributed by atoms with Crippen molar-refractivity contribution in [2.45, 2.75) is 45.1 Å². The quantitative estimate of drug-likeness (QED) is 0.878. The third kappa shape index (κ3) is 1.85. The van der Waals surface area contributed by atoms with E-state index < -0.39 is 0 Å². The molecule has 1 fully saturated rings. The average molecular weight is 243 g/mol. The smallest absolute Gasteiger partial charge is 0.134 e. The number of rotatable bonds is 3. The van der Waals surface area contributed by atoms with Crippen LogP contribution in [0.3, 0.4) is 0 Å². The van der Waals surface area contributed by atoms with E-state index in [1.54, 1.807) is 0 Å². The monoisotopic (exact) mass is 243 g/mol. The number of furan rings is 1. The Morgan fingerprint density at radius 3 is 2.72 bits per heavy atom. The Kier molecular flexibility index (Phi) is 3.13. The predicted octanol–water partition coefficient (Wildman–Crippen LogP) is 4.19. The van der Waals surface area contributed by atoms with Gasteiger partial charge in [0, 0.05) is 23.4 Å². The molecule has 3 rings (SSSR count). The van der Waals surface area contributed by atoms with Crippen molar-refractivity contribution in [1.82, 2.24) is 0 Å². The van der Waals surface area contributed by atoms with E-state index in [2.05, 4.69) is 19.1 Å². The largest absolute Gasteiger partial charge is 0.461 e. The molecule has 0 amide bonds. The van der Waals surface area contributed by atoms with Gasteiger partial charge in [-0.15, -0.1) is 0 Å². The van der Waals surface area contributed by atoms with Crippen molar-refractivity contribution < 1.29 is 4.42 Å². The molecular formula is C16H21NO. The summed E-state index contributed by atoms with van der Waals surface area (Å²) in [5.41, 5.74) is 8.78. The number of hydrogen-bond donors (Lipinski definition) is 1. The van der Waals surface area contributed by atoms with Crippen LogP contribution >= 0.6 is 0 Å². The zero-order chi connectivity index (χ0) is 12.5. The van der Waals surface area contributed by atoms with E-state index >= 15 is 0 Å². The second-order valence-electron chi connectivity index (χ2n) is 5.36. The highest BCUT2D eigenvalue weighted by Crippen LogP contribution is 2.39. The fourth-order valence-electron chi connectivity index (χ4n) is 3.30. The van der Waals surface area contributed by atoms with Crippen molar-refractivity contribution in [1.29, 1.82) is 0 Å². The van der Waals surface area contributed by atoms with E-state index in [9.17, 15) is 0 Å². The number of aryl methyl sites for hydroxylation is 1. The lowest BCUT2D eigenvalue weighted by molar-refractivity contribution is 0.434. The molecule has 2 nitrogen and oxygen atoms in total. The molecule has 2 aromatic rings. The molecule has 1 saturated carbocycles. The van der Waals surface area contributed by atoms with Crippen molar-refractivity contribution in [2.75, 3.05) is 0 Å². The van der Waals surface area contributed by atoms with Crippen molar-refractivity contribution in [3.05, 3.63) is 35.6 Å². The SMILES string of the molecule is CCc1oc2ccccc2c1C(N)C1CCCC1. The van der Waals surface area contributed by atoms with Crippen LogP contribution in [0, 0.1) is 5.92 Å². The third-order valence-corrected chi connectivity index (χ3v) is 4.27. The van der Waals surface area contributed by atoms with Gasteiger partial charge in [0.1, 0.15) is 11.3 Å². The van der Waals surface area contributed by atoms with Crippen LogP contribution in [-0.4, -0.2) is 0 Å². The summed E-state index contributed by atoms with van der Waals surface area (Å²) in [7, 11) is 0. The summed E-state index contributed by atoms with van der Waals surface area (Å²) < 4.78 is 5.95. The summed E-state index contributed by atoms with van der Waals surface area (Å²) in [5.74, 6) is 1.71. The average Bonchev–Trinajstić information content (AvgIpc) is 3.04. The third-order valence-electron chi connectivity index (χ3n) is 4.27. The van der Waals surface area contributed by atoms with E-state index in [0.29, 0.717) is 5.92 Å². The fourth-order valence-corrected chi connectivity index (χ4v) is 3.30. The second-order valence-corrected chi connectivity index (χ2v) is 5.36. The van der Waals surface area contributed by atoms with E-state index in [-0.39, 0.29) is 6.04 Å². The van der Waals surface area contributed by atoms with Crippen LogP contribution < -0.4 is 5.73 Å². The van der Waals surface area contributed by atoms with Crippen LogP contribution in [0.15, 0.2) is 28.7 Å². The van der Waals surface area contributed by atoms with Crippen LogP contribution in [-0.2, 0) is 6.42 Å². The molecule has 1 aliphatic carbocycles. The Balaban J connectivity index is 2.08. The van der Waals surface area contributed by atoms with Crippen LogP contribution in [0.1, 0.15) is 50.0 Å². The molecule has 1 atom stereocenters. The number of hydrogen-bond acceptors (Lipinski definition) is 2. The second kappa shape index (κ2) is 4.77. The lowest BCUT2D eigenvalue weighted by Crippen LogP contribution is -2.20. The number of para-hydroxylation sites is 1. The van der Waals surface area contributed by atoms with Crippen molar-refractivity contribution in [2.24, 2.45) is 11.7 Å². The summed E-state index contributed by atoms with van der Waals surface area (Å²) in [6, 6.07) is 8.42. The molecule has 96 valence electrons. The van der Waals surface area contributed by atoms with Gasteiger partial charge in [-0.1, -0.05) is 38.0 Å². The molecule has 1 aliphatic rings. The Morgan fingerprint density at radius 2 is 2.00 bits per heavy atom. The van der Waals surface area contributed by atoms with Gasteiger partial charge >= 0.3 is 0 Å². The molecule has 18 heavy (non-hydrogen) atoms. The van der Waals surface area contributed by atoms with Crippen LogP contribution in [0.4, 0.5) is 0 Å². The van der Waals surface area contributed by atoms with E-state index in [1.807, 2.05) is 12.1 Å². The van der Waals surface area contributed by atoms with Crippen molar-refractivity contribution >= 4 is 11.0 Å². The Bertz CT molecular complexity index is 537.